The fraction of sp³-hybridized carbons (Fsp3) is 0.211. The van der Waals surface area contributed by atoms with Crippen LogP contribution in [0.3, 0.4) is 0 Å². The molecule has 0 bridgehead atoms. The number of carbonyl (C=O) groups excluding carboxylic acids is 1. The number of allylic oxidation sites excluding steroid dienone is 1. The molecule has 0 aliphatic rings. The van der Waals surface area contributed by atoms with E-state index in [2.05, 4.69) is 15.9 Å². The van der Waals surface area contributed by atoms with Crippen molar-refractivity contribution < 1.29 is 19.4 Å². The first-order chi connectivity index (χ1) is 11.5. The average Bonchev–Trinajstić information content (AvgIpc) is 2.60. The van der Waals surface area contributed by atoms with Crippen LogP contribution < -0.4 is 9.47 Å². The lowest BCUT2D eigenvalue weighted by molar-refractivity contribution is 0.104. The smallest absolute Gasteiger partial charge is 0.185 e. The lowest BCUT2D eigenvalue weighted by atomic mass is 10.1. The van der Waals surface area contributed by atoms with Crippen molar-refractivity contribution in [2.75, 3.05) is 13.7 Å². The van der Waals surface area contributed by atoms with Gasteiger partial charge in [0.25, 0.3) is 0 Å². The summed E-state index contributed by atoms with van der Waals surface area (Å²) in [6, 6.07) is 10.4. The van der Waals surface area contributed by atoms with E-state index in [0.29, 0.717) is 22.4 Å². The fourth-order valence-electron chi connectivity index (χ4n) is 2.05. The van der Waals surface area contributed by atoms with Gasteiger partial charge in [-0.25, -0.2) is 0 Å². The first-order valence-electron chi connectivity index (χ1n) is 7.57. The number of aromatic hydroxyl groups is 1. The molecule has 0 fully saturated rings. The first-order valence-corrected chi connectivity index (χ1v) is 8.36. The quantitative estimate of drug-likeness (QED) is 0.542. The van der Waals surface area contributed by atoms with Gasteiger partial charge >= 0.3 is 0 Å². The van der Waals surface area contributed by atoms with Crippen LogP contribution in [0.4, 0.5) is 0 Å². The maximum Gasteiger partial charge on any atom is 0.185 e. The number of hydrogen-bond acceptors (Lipinski definition) is 4. The first kappa shape index (κ1) is 18.1. The van der Waals surface area contributed by atoms with Crippen molar-refractivity contribution in [3.05, 3.63) is 58.1 Å². The van der Waals surface area contributed by atoms with Crippen molar-refractivity contribution >= 4 is 27.8 Å². The summed E-state index contributed by atoms with van der Waals surface area (Å²) in [5.41, 5.74) is 1.33. The van der Waals surface area contributed by atoms with Crippen LogP contribution in [0, 0.1) is 0 Å². The van der Waals surface area contributed by atoms with Gasteiger partial charge in [0.05, 0.1) is 18.2 Å². The standard InChI is InChI=1S/C19H19BrO4/c1-3-10-24-15-7-5-14(6-8-15)17(21)9-4-13-11-16(20)19(22)18(12-13)23-2/h4-9,11-12,22H,3,10H2,1-2H3/b9-4+. The van der Waals surface area contributed by atoms with Crippen LogP contribution in [0.25, 0.3) is 6.08 Å². The topological polar surface area (TPSA) is 55.8 Å². The predicted molar refractivity (Wildman–Crippen MR) is 98.0 cm³/mol. The van der Waals surface area contributed by atoms with E-state index in [1.54, 1.807) is 42.5 Å². The highest BCUT2D eigenvalue weighted by molar-refractivity contribution is 9.10. The molecule has 0 aliphatic carbocycles. The Labute approximate surface area is 149 Å². The largest absolute Gasteiger partial charge is 0.503 e. The molecule has 1 N–H and O–H groups in total. The van der Waals surface area contributed by atoms with Crippen LogP contribution in [0.15, 0.2) is 46.9 Å². The van der Waals surface area contributed by atoms with E-state index in [9.17, 15) is 9.90 Å². The van der Waals surface area contributed by atoms with E-state index >= 15 is 0 Å². The van der Waals surface area contributed by atoms with Gasteiger partial charge < -0.3 is 14.6 Å². The molecular weight excluding hydrogens is 372 g/mol. The summed E-state index contributed by atoms with van der Waals surface area (Å²) >= 11 is 3.26. The van der Waals surface area contributed by atoms with Crippen molar-refractivity contribution in [3.8, 4) is 17.2 Å². The van der Waals surface area contributed by atoms with Gasteiger partial charge in [0.2, 0.25) is 0 Å². The van der Waals surface area contributed by atoms with Gasteiger partial charge in [-0.05, 0) is 70.4 Å². The van der Waals surface area contributed by atoms with Gasteiger partial charge in [0.1, 0.15) is 5.75 Å². The number of halogens is 1. The van der Waals surface area contributed by atoms with E-state index < -0.39 is 0 Å². The Kier molecular flexibility index (Phi) is 6.44. The Bertz CT molecular complexity index is 736. The Morgan fingerprint density at radius 1 is 1.25 bits per heavy atom. The Morgan fingerprint density at radius 2 is 1.96 bits per heavy atom. The molecule has 0 atom stereocenters. The number of methoxy groups -OCH3 is 1. The minimum absolute atomic E-state index is 0.0312. The van der Waals surface area contributed by atoms with Crippen LogP contribution >= 0.6 is 15.9 Å². The van der Waals surface area contributed by atoms with Gasteiger partial charge in [0.15, 0.2) is 17.3 Å². The maximum absolute atomic E-state index is 12.2. The highest BCUT2D eigenvalue weighted by Crippen LogP contribution is 2.35. The van der Waals surface area contributed by atoms with E-state index in [0.717, 1.165) is 17.7 Å². The summed E-state index contributed by atoms with van der Waals surface area (Å²) in [7, 11) is 1.47. The molecular formula is C19H19BrO4. The number of carbonyl (C=O) groups is 1. The molecule has 0 saturated carbocycles. The summed E-state index contributed by atoms with van der Waals surface area (Å²) in [6.45, 7) is 2.70. The van der Waals surface area contributed by atoms with Crippen molar-refractivity contribution in [3.63, 3.8) is 0 Å². The average molecular weight is 391 g/mol. The third kappa shape index (κ3) is 4.61. The lowest BCUT2D eigenvalue weighted by Crippen LogP contribution is -1.97. The summed E-state index contributed by atoms with van der Waals surface area (Å²) in [5, 5.41) is 9.79. The number of ketones is 1. The Hall–Kier alpha value is -2.27. The van der Waals surface area contributed by atoms with E-state index in [4.69, 9.17) is 9.47 Å². The lowest BCUT2D eigenvalue weighted by Gasteiger charge is -2.06. The molecule has 126 valence electrons. The molecule has 0 aliphatic heterocycles. The van der Waals surface area contributed by atoms with E-state index in [1.807, 2.05) is 6.92 Å². The molecule has 2 aromatic carbocycles. The second-order valence-corrected chi connectivity index (χ2v) is 5.98. The molecule has 24 heavy (non-hydrogen) atoms. The molecule has 0 heterocycles. The van der Waals surface area contributed by atoms with Crippen LogP contribution in [0.1, 0.15) is 29.3 Å². The fourth-order valence-corrected chi connectivity index (χ4v) is 2.51. The molecule has 0 aromatic heterocycles. The molecule has 0 radical (unpaired) electrons. The molecule has 4 nitrogen and oxygen atoms in total. The number of phenols is 1. The van der Waals surface area contributed by atoms with Gasteiger partial charge in [-0.2, -0.15) is 0 Å². The van der Waals surface area contributed by atoms with Gasteiger partial charge in [-0.3, -0.25) is 4.79 Å². The number of benzene rings is 2. The maximum atomic E-state index is 12.2. The number of hydrogen-bond donors (Lipinski definition) is 1. The molecule has 0 spiro atoms. The monoisotopic (exact) mass is 390 g/mol. The minimum atomic E-state index is -0.111. The number of ether oxygens (including phenoxy) is 2. The summed E-state index contributed by atoms with van der Waals surface area (Å²) in [6.07, 6.45) is 4.10. The predicted octanol–water partition coefficient (Wildman–Crippen LogP) is 4.85. The SMILES string of the molecule is CCCOc1ccc(C(=O)/C=C/c2cc(Br)c(O)c(OC)c2)cc1. The number of phenolic OH excluding ortho intramolecular Hbond substituents is 1. The van der Waals surface area contributed by atoms with Crippen LogP contribution in [-0.2, 0) is 0 Å². The Morgan fingerprint density at radius 3 is 2.58 bits per heavy atom. The second kappa shape index (κ2) is 8.55. The van der Waals surface area contributed by atoms with Crippen molar-refractivity contribution in [2.45, 2.75) is 13.3 Å². The van der Waals surface area contributed by atoms with E-state index in [-0.39, 0.29) is 11.5 Å². The zero-order valence-corrected chi connectivity index (χ0v) is 15.2. The molecule has 0 amide bonds. The zero-order valence-electron chi connectivity index (χ0n) is 13.6. The molecule has 0 saturated heterocycles. The molecule has 2 rings (SSSR count). The summed E-state index contributed by atoms with van der Waals surface area (Å²) < 4.78 is 11.1. The molecule has 5 heteroatoms. The Balaban J connectivity index is 2.11. The third-order valence-corrected chi connectivity index (χ3v) is 3.91. The van der Waals surface area contributed by atoms with Crippen molar-refractivity contribution in [2.24, 2.45) is 0 Å². The van der Waals surface area contributed by atoms with Crippen LogP contribution in [0.5, 0.6) is 17.2 Å². The van der Waals surface area contributed by atoms with Crippen LogP contribution in [-0.4, -0.2) is 24.6 Å². The van der Waals surface area contributed by atoms with Crippen LogP contribution in [0.2, 0.25) is 0 Å². The highest BCUT2D eigenvalue weighted by atomic mass is 79.9. The summed E-state index contributed by atoms with van der Waals surface area (Å²) in [5.74, 6) is 1.02. The zero-order chi connectivity index (χ0) is 17.5. The second-order valence-electron chi connectivity index (χ2n) is 5.12. The number of rotatable bonds is 7. The minimum Gasteiger partial charge on any atom is -0.503 e. The normalized spacial score (nSPS) is 10.8. The van der Waals surface area contributed by atoms with Gasteiger partial charge in [0, 0.05) is 5.56 Å². The van der Waals surface area contributed by atoms with Gasteiger partial charge in [-0.15, -0.1) is 0 Å². The highest BCUT2D eigenvalue weighted by Gasteiger charge is 2.08. The molecule has 2 aromatic rings. The van der Waals surface area contributed by atoms with Gasteiger partial charge in [-0.1, -0.05) is 13.0 Å². The third-order valence-electron chi connectivity index (χ3n) is 3.31. The molecule has 0 unspecified atom stereocenters. The van der Waals surface area contributed by atoms with Crippen molar-refractivity contribution in [1.29, 1.82) is 0 Å². The van der Waals surface area contributed by atoms with E-state index in [1.165, 1.54) is 13.2 Å². The van der Waals surface area contributed by atoms with Crippen molar-refractivity contribution in [1.82, 2.24) is 0 Å². The summed E-state index contributed by atoms with van der Waals surface area (Å²) in [4.78, 5) is 12.2.